The summed E-state index contributed by atoms with van der Waals surface area (Å²) in [6, 6.07) is 5.30. The minimum absolute atomic E-state index is 0.260. The van der Waals surface area contributed by atoms with E-state index >= 15 is 0 Å². The highest BCUT2D eigenvalue weighted by molar-refractivity contribution is 5.94. The van der Waals surface area contributed by atoms with E-state index in [0.29, 0.717) is 12.0 Å². The first-order chi connectivity index (χ1) is 17.1. The van der Waals surface area contributed by atoms with Gasteiger partial charge in [-0.2, -0.15) is 0 Å². The van der Waals surface area contributed by atoms with Gasteiger partial charge in [-0.3, -0.25) is 14.4 Å². The maximum absolute atomic E-state index is 14.0. The normalized spacial score (nSPS) is 13.3. The molecule has 9 nitrogen and oxygen atoms in total. The van der Waals surface area contributed by atoms with E-state index in [1.165, 1.54) is 4.90 Å². The maximum atomic E-state index is 14.0. The van der Waals surface area contributed by atoms with Gasteiger partial charge in [0, 0.05) is 12.1 Å². The lowest BCUT2D eigenvalue weighted by atomic mass is 9.98. The molecule has 0 heterocycles. The molecule has 2 atom stereocenters. The van der Waals surface area contributed by atoms with Crippen LogP contribution in [-0.4, -0.2) is 52.4 Å². The second-order valence-corrected chi connectivity index (χ2v) is 11.3. The van der Waals surface area contributed by atoms with Crippen LogP contribution >= 0.6 is 0 Å². The van der Waals surface area contributed by atoms with Crippen molar-refractivity contribution >= 4 is 23.8 Å². The molecule has 0 saturated heterocycles. The molecule has 0 aliphatic rings. The highest BCUT2D eigenvalue weighted by Crippen LogP contribution is 2.25. The quantitative estimate of drug-likeness (QED) is 0.360. The Kier molecular flexibility index (Phi) is 12.1. The number of alkyl carbamates (subject to hydrolysis) is 1. The largest absolute Gasteiger partial charge is 0.444 e. The zero-order chi connectivity index (χ0) is 28.4. The van der Waals surface area contributed by atoms with Crippen molar-refractivity contribution in [1.82, 2.24) is 15.5 Å². The maximum Gasteiger partial charge on any atom is 0.408 e. The predicted molar refractivity (Wildman–Crippen MR) is 145 cm³/mol. The van der Waals surface area contributed by atoms with Crippen LogP contribution in [0.3, 0.4) is 0 Å². The number of nitrogens with two attached hydrogens (primary N) is 1. The number of aryl methyl sites for hydroxylation is 1. The highest BCUT2D eigenvalue weighted by Gasteiger charge is 2.37. The summed E-state index contributed by atoms with van der Waals surface area (Å²) in [6.07, 6.45) is 1.95. The third-order valence-corrected chi connectivity index (χ3v) is 5.44. The van der Waals surface area contributed by atoms with E-state index in [2.05, 4.69) is 10.6 Å². The molecule has 208 valence electrons. The summed E-state index contributed by atoms with van der Waals surface area (Å²) in [5, 5.41) is 5.49. The number of rotatable bonds is 12. The molecule has 37 heavy (non-hydrogen) atoms. The Labute approximate surface area is 221 Å². The van der Waals surface area contributed by atoms with Crippen molar-refractivity contribution in [3.8, 4) is 0 Å². The Morgan fingerprint density at radius 3 is 2.03 bits per heavy atom. The fourth-order valence-electron chi connectivity index (χ4n) is 3.80. The lowest BCUT2D eigenvalue weighted by Crippen LogP contribution is -2.55. The van der Waals surface area contributed by atoms with Crippen LogP contribution in [0.5, 0.6) is 0 Å². The molecule has 0 aliphatic carbocycles. The van der Waals surface area contributed by atoms with Crippen LogP contribution in [0.4, 0.5) is 4.79 Å². The predicted octanol–water partition coefficient (Wildman–Crippen LogP) is 3.99. The summed E-state index contributed by atoms with van der Waals surface area (Å²) in [7, 11) is 0. The van der Waals surface area contributed by atoms with Crippen molar-refractivity contribution in [2.24, 2.45) is 5.73 Å². The van der Waals surface area contributed by atoms with E-state index < -0.39 is 47.6 Å². The van der Waals surface area contributed by atoms with Gasteiger partial charge in [0.1, 0.15) is 17.7 Å². The summed E-state index contributed by atoms with van der Waals surface area (Å²) in [5.41, 5.74) is 5.83. The molecule has 9 heteroatoms. The monoisotopic (exact) mass is 518 g/mol. The SMILES string of the molecule is CCCCCN(C(=O)C(CC(N)=O)NC(=O)OC(C)(C)C)C(C(=O)NC(C)(C)C)c1ccc(CC)cc1. The Balaban J connectivity index is 3.54. The van der Waals surface area contributed by atoms with Gasteiger partial charge in [-0.1, -0.05) is 51.0 Å². The van der Waals surface area contributed by atoms with Gasteiger partial charge in [-0.15, -0.1) is 0 Å². The van der Waals surface area contributed by atoms with Crippen LogP contribution < -0.4 is 16.4 Å². The molecule has 2 unspecified atom stereocenters. The smallest absolute Gasteiger partial charge is 0.408 e. The number of ether oxygens (including phenoxy) is 1. The summed E-state index contributed by atoms with van der Waals surface area (Å²) < 4.78 is 5.31. The Morgan fingerprint density at radius 2 is 1.57 bits per heavy atom. The van der Waals surface area contributed by atoms with Gasteiger partial charge < -0.3 is 26.0 Å². The van der Waals surface area contributed by atoms with Gasteiger partial charge in [-0.25, -0.2) is 4.79 Å². The third kappa shape index (κ3) is 11.7. The number of nitrogens with one attached hydrogen (secondary N) is 2. The highest BCUT2D eigenvalue weighted by atomic mass is 16.6. The van der Waals surface area contributed by atoms with Gasteiger partial charge in [0.15, 0.2) is 0 Å². The number of hydrogen-bond donors (Lipinski definition) is 3. The van der Waals surface area contributed by atoms with E-state index in [1.807, 2.05) is 58.9 Å². The second-order valence-electron chi connectivity index (χ2n) is 11.3. The molecule has 0 aromatic heterocycles. The Bertz CT molecular complexity index is 916. The summed E-state index contributed by atoms with van der Waals surface area (Å²) in [4.78, 5) is 53.4. The number of nitrogens with zero attached hydrogens (tertiary/aromatic N) is 1. The van der Waals surface area contributed by atoms with E-state index in [1.54, 1.807) is 20.8 Å². The summed E-state index contributed by atoms with van der Waals surface area (Å²) in [5.74, 6) is -1.68. The number of unbranched alkanes of at least 4 members (excludes halogenated alkanes) is 2. The van der Waals surface area contributed by atoms with Crippen LogP contribution in [0.15, 0.2) is 24.3 Å². The molecule has 0 saturated carbocycles. The summed E-state index contributed by atoms with van der Waals surface area (Å²) >= 11 is 0. The number of primary amides is 1. The van der Waals surface area contributed by atoms with Crippen LogP contribution in [0.2, 0.25) is 0 Å². The molecule has 1 rings (SSSR count). The molecule has 0 fully saturated rings. The van der Waals surface area contributed by atoms with Crippen molar-refractivity contribution in [3.63, 3.8) is 0 Å². The fraction of sp³-hybridized carbons (Fsp3) is 0.643. The minimum atomic E-state index is -1.28. The molecule has 1 aromatic rings. The molecule has 0 aliphatic heterocycles. The second kappa shape index (κ2) is 14.0. The molecule has 0 bridgehead atoms. The number of benzene rings is 1. The Hall–Kier alpha value is -3.10. The number of hydrogen-bond acceptors (Lipinski definition) is 5. The Morgan fingerprint density at radius 1 is 0.973 bits per heavy atom. The third-order valence-electron chi connectivity index (χ3n) is 5.44. The van der Waals surface area contributed by atoms with Crippen molar-refractivity contribution in [1.29, 1.82) is 0 Å². The molecular formula is C28H46N4O5. The van der Waals surface area contributed by atoms with E-state index in [-0.39, 0.29) is 12.5 Å². The molecule has 0 spiro atoms. The average Bonchev–Trinajstić information content (AvgIpc) is 2.75. The van der Waals surface area contributed by atoms with Crippen LogP contribution in [0.1, 0.15) is 98.2 Å². The average molecular weight is 519 g/mol. The van der Waals surface area contributed by atoms with E-state index in [9.17, 15) is 19.2 Å². The topological polar surface area (TPSA) is 131 Å². The number of carbonyl (C=O) groups is 4. The van der Waals surface area contributed by atoms with Crippen molar-refractivity contribution in [2.75, 3.05) is 6.54 Å². The van der Waals surface area contributed by atoms with Crippen LogP contribution in [-0.2, 0) is 25.5 Å². The lowest BCUT2D eigenvalue weighted by Gasteiger charge is -2.36. The fourth-order valence-corrected chi connectivity index (χ4v) is 3.80. The van der Waals surface area contributed by atoms with Crippen LogP contribution in [0.25, 0.3) is 0 Å². The number of carbonyl (C=O) groups excluding carboxylic acids is 4. The molecular weight excluding hydrogens is 472 g/mol. The lowest BCUT2D eigenvalue weighted by molar-refractivity contribution is -0.144. The first kappa shape index (κ1) is 31.9. The van der Waals surface area contributed by atoms with Gasteiger partial charge in [-0.05, 0) is 65.5 Å². The first-order valence-electron chi connectivity index (χ1n) is 13.1. The standard InChI is InChI=1S/C28H46N4O5/c1-9-11-12-17-32(25(35)21(18-22(29)33)30-26(36)37-28(6,7)8)23(24(34)31-27(3,4)5)20-15-13-19(10-2)14-16-20/h13-16,21,23H,9-12,17-18H2,1-8H3,(H2,29,33)(H,30,36)(H,31,34). The van der Waals surface area contributed by atoms with Crippen molar-refractivity contribution in [3.05, 3.63) is 35.4 Å². The minimum Gasteiger partial charge on any atom is -0.444 e. The van der Waals surface area contributed by atoms with E-state index in [4.69, 9.17) is 10.5 Å². The van der Waals surface area contributed by atoms with Crippen molar-refractivity contribution < 1.29 is 23.9 Å². The zero-order valence-electron chi connectivity index (χ0n) is 23.8. The van der Waals surface area contributed by atoms with Gasteiger partial charge in [0.25, 0.3) is 0 Å². The van der Waals surface area contributed by atoms with Gasteiger partial charge in [0.2, 0.25) is 17.7 Å². The van der Waals surface area contributed by atoms with E-state index in [0.717, 1.165) is 24.8 Å². The number of amides is 4. The molecule has 1 aromatic carbocycles. The molecule has 4 amide bonds. The van der Waals surface area contributed by atoms with Crippen molar-refractivity contribution in [2.45, 2.75) is 111 Å². The van der Waals surface area contributed by atoms with Crippen LogP contribution in [0, 0.1) is 0 Å². The zero-order valence-corrected chi connectivity index (χ0v) is 23.8. The van der Waals surface area contributed by atoms with Gasteiger partial charge >= 0.3 is 6.09 Å². The summed E-state index contributed by atoms with van der Waals surface area (Å²) in [6.45, 7) is 15.0. The first-order valence-corrected chi connectivity index (χ1v) is 13.1. The van der Waals surface area contributed by atoms with Gasteiger partial charge in [0.05, 0.1) is 6.42 Å². The molecule has 0 radical (unpaired) electrons. The molecule has 4 N–H and O–H groups in total.